The molecule has 1 atom stereocenters. The largest absolute Gasteiger partial charge is 0.352 e. The Balaban J connectivity index is 1.30. The van der Waals surface area contributed by atoms with Gasteiger partial charge in [-0.3, -0.25) is 14.5 Å². The number of carbonyl (C=O) groups excluding carboxylic acids is 2. The summed E-state index contributed by atoms with van der Waals surface area (Å²) in [7, 11) is 0. The van der Waals surface area contributed by atoms with E-state index in [1.54, 1.807) is 35.2 Å². The van der Waals surface area contributed by atoms with E-state index < -0.39 is 6.04 Å². The summed E-state index contributed by atoms with van der Waals surface area (Å²) in [6.45, 7) is 0.266. The van der Waals surface area contributed by atoms with Gasteiger partial charge in [-0.15, -0.1) is 0 Å². The maximum atomic E-state index is 14.2. The van der Waals surface area contributed by atoms with E-state index in [4.69, 9.17) is 4.99 Å². The molecular weight excluding hydrogens is 482 g/mol. The Morgan fingerprint density at radius 1 is 0.972 bits per heavy atom. The van der Waals surface area contributed by atoms with Crippen LogP contribution >= 0.6 is 11.8 Å². The lowest BCUT2D eigenvalue weighted by molar-refractivity contribution is -0.122. The van der Waals surface area contributed by atoms with Crippen molar-refractivity contribution in [3.63, 3.8) is 0 Å². The second kappa shape index (κ2) is 10.4. The van der Waals surface area contributed by atoms with E-state index in [1.807, 2.05) is 24.3 Å². The Kier molecular flexibility index (Phi) is 6.90. The molecule has 0 aliphatic carbocycles. The van der Waals surface area contributed by atoms with Crippen LogP contribution in [0.15, 0.2) is 82.8 Å². The van der Waals surface area contributed by atoms with E-state index in [1.165, 1.54) is 30.0 Å². The van der Waals surface area contributed by atoms with Gasteiger partial charge in [-0.05, 0) is 47.9 Å². The van der Waals surface area contributed by atoms with Crippen LogP contribution in [-0.4, -0.2) is 33.8 Å². The van der Waals surface area contributed by atoms with Gasteiger partial charge in [0, 0.05) is 24.3 Å². The predicted octanol–water partition coefficient (Wildman–Crippen LogP) is 4.95. The van der Waals surface area contributed by atoms with E-state index in [2.05, 4.69) is 10.3 Å². The number of benzene rings is 3. The van der Waals surface area contributed by atoms with Gasteiger partial charge in [-0.1, -0.05) is 54.2 Å². The molecule has 0 spiro atoms. The number of amides is 2. The van der Waals surface area contributed by atoms with Crippen LogP contribution in [0, 0.1) is 11.6 Å². The molecule has 1 N–H and O–H groups in total. The summed E-state index contributed by atoms with van der Waals surface area (Å²) in [6, 6.07) is 19.2. The summed E-state index contributed by atoms with van der Waals surface area (Å²) >= 11 is 1.33. The first kappa shape index (κ1) is 23.9. The molecule has 2 heterocycles. The zero-order valence-corrected chi connectivity index (χ0v) is 20.0. The predicted molar refractivity (Wildman–Crippen MR) is 136 cm³/mol. The summed E-state index contributed by atoms with van der Waals surface area (Å²) in [4.78, 5) is 36.3. The smallest absolute Gasteiger partial charge is 0.270 e. The van der Waals surface area contributed by atoms with Gasteiger partial charge >= 0.3 is 0 Å². The highest BCUT2D eigenvalue weighted by Crippen LogP contribution is 2.36. The van der Waals surface area contributed by atoms with Gasteiger partial charge in [0.15, 0.2) is 5.17 Å². The molecule has 0 aromatic heterocycles. The van der Waals surface area contributed by atoms with E-state index in [-0.39, 0.29) is 42.8 Å². The van der Waals surface area contributed by atoms with Gasteiger partial charge < -0.3 is 5.32 Å². The van der Waals surface area contributed by atoms with Crippen molar-refractivity contribution < 1.29 is 18.4 Å². The van der Waals surface area contributed by atoms with Crippen molar-refractivity contribution in [2.45, 2.75) is 31.2 Å². The average molecular weight is 505 g/mol. The van der Waals surface area contributed by atoms with Gasteiger partial charge in [-0.25, -0.2) is 13.8 Å². The normalized spacial score (nSPS) is 16.2. The number of hydrogen-bond donors (Lipinski definition) is 1. The molecule has 5 rings (SSSR count). The van der Waals surface area contributed by atoms with Crippen molar-refractivity contribution in [2.75, 3.05) is 0 Å². The number of thioether (sulfide) groups is 1. The van der Waals surface area contributed by atoms with Crippen molar-refractivity contribution >= 4 is 40.3 Å². The number of halogens is 2. The minimum atomic E-state index is -0.684. The minimum absolute atomic E-state index is 0.101. The summed E-state index contributed by atoms with van der Waals surface area (Å²) < 4.78 is 27.3. The number of amidine groups is 2. The van der Waals surface area contributed by atoms with Crippen LogP contribution < -0.4 is 5.32 Å². The average Bonchev–Trinajstić information content (AvgIpc) is 3.22. The SMILES string of the molecule is O=C(CCC1C(=O)N=C2c3ccccc3N=C(SCc3ccccc3F)N21)NCc1ccc(F)cc1. The zero-order valence-electron chi connectivity index (χ0n) is 19.2. The van der Waals surface area contributed by atoms with E-state index in [9.17, 15) is 18.4 Å². The summed E-state index contributed by atoms with van der Waals surface area (Å²) in [5, 5.41) is 3.34. The van der Waals surface area contributed by atoms with E-state index in [0.717, 1.165) is 11.1 Å². The highest BCUT2D eigenvalue weighted by Gasteiger charge is 2.41. The first-order valence-corrected chi connectivity index (χ1v) is 12.5. The molecule has 2 aliphatic heterocycles. The fraction of sp³-hybridized carbons (Fsp3) is 0.185. The Labute approximate surface area is 211 Å². The zero-order chi connectivity index (χ0) is 25.1. The van der Waals surface area contributed by atoms with Crippen LogP contribution in [0.1, 0.15) is 29.5 Å². The van der Waals surface area contributed by atoms with Gasteiger partial charge in [0.1, 0.15) is 23.5 Å². The Morgan fingerprint density at radius 3 is 2.53 bits per heavy atom. The summed E-state index contributed by atoms with van der Waals surface area (Å²) in [5.41, 5.74) is 2.74. The van der Waals surface area contributed by atoms with Crippen LogP contribution in [0.3, 0.4) is 0 Å². The highest BCUT2D eigenvalue weighted by molar-refractivity contribution is 8.13. The number of hydrogen-bond acceptors (Lipinski definition) is 5. The van der Waals surface area contributed by atoms with Crippen molar-refractivity contribution in [3.05, 3.63) is 101 Å². The number of aliphatic imine (C=N–C) groups is 2. The molecular formula is C27H22F2N4O2S. The first-order chi connectivity index (χ1) is 17.5. The van der Waals surface area contributed by atoms with Crippen molar-refractivity contribution in [1.82, 2.24) is 10.2 Å². The third-order valence-electron chi connectivity index (χ3n) is 5.97. The van der Waals surface area contributed by atoms with Crippen molar-refractivity contribution in [1.29, 1.82) is 0 Å². The lowest BCUT2D eigenvalue weighted by Gasteiger charge is -2.31. The van der Waals surface area contributed by atoms with Crippen LogP contribution in [0.2, 0.25) is 0 Å². The fourth-order valence-electron chi connectivity index (χ4n) is 4.09. The molecule has 9 heteroatoms. The molecule has 3 aromatic carbocycles. The number of carbonyl (C=O) groups is 2. The molecule has 0 radical (unpaired) electrons. The minimum Gasteiger partial charge on any atom is -0.352 e. The molecule has 0 fully saturated rings. The molecule has 2 amide bonds. The lowest BCUT2D eigenvalue weighted by atomic mass is 10.1. The second-order valence-electron chi connectivity index (χ2n) is 8.39. The lowest BCUT2D eigenvalue weighted by Crippen LogP contribution is -2.44. The van der Waals surface area contributed by atoms with Crippen LogP contribution in [0.4, 0.5) is 14.5 Å². The number of fused-ring (bicyclic) bond motifs is 3. The second-order valence-corrected chi connectivity index (χ2v) is 9.34. The molecule has 2 aliphatic rings. The Hall–Kier alpha value is -3.85. The quantitative estimate of drug-likeness (QED) is 0.494. The summed E-state index contributed by atoms with van der Waals surface area (Å²) in [5.74, 6) is -0.381. The van der Waals surface area contributed by atoms with Crippen molar-refractivity contribution in [3.8, 4) is 0 Å². The topological polar surface area (TPSA) is 74.1 Å². The van der Waals surface area contributed by atoms with Crippen molar-refractivity contribution in [2.24, 2.45) is 9.98 Å². The van der Waals surface area contributed by atoms with E-state index in [0.29, 0.717) is 28.0 Å². The highest BCUT2D eigenvalue weighted by atomic mass is 32.2. The third-order valence-corrected chi connectivity index (χ3v) is 6.97. The Bertz CT molecular complexity index is 1370. The molecule has 1 unspecified atom stereocenters. The van der Waals surface area contributed by atoms with Gasteiger partial charge in [0.25, 0.3) is 5.91 Å². The molecule has 6 nitrogen and oxygen atoms in total. The number of rotatable bonds is 7. The number of nitrogens with one attached hydrogen (secondary N) is 1. The molecule has 182 valence electrons. The molecule has 0 bridgehead atoms. The monoisotopic (exact) mass is 504 g/mol. The van der Waals surface area contributed by atoms with Gasteiger partial charge in [0.05, 0.1) is 5.69 Å². The standard InChI is InChI=1S/C27H22F2N4O2S/c28-19-11-9-17(10-12-19)15-30-24(34)14-13-23-26(35)32-25-20-6-2-4-8-22(20)31-27(33(23)25)36-16-18-5-1-3-7-21(18)29/h1-12,23H,13-16H2,(H,30,34). The third kappa shape index (κ3) is 5.06. The van der Waals surface area contributed by atoms with E-state index >= 15 is 0 Å². The number of para-hydroxylation sites is 1. The molecule has 0 saturated carbocycles. The maximum Gasteiger partial charge on any atom is 0.270 e. The van der Waals surface area contributed by atoms with Gasteiger partial charge in [-0.2, -0.15) is 4.99 Å². The number of nitrogens with zero attached hydrogens (tertiary/aromatic N) is 3. The van der Waals surface area contributed by atoms with Gasteiger partial charge in [0.2, 0.25) is 5.91 Å². The fourth-order valence-corrected chi connectivity index (χ4v) is 5.13. The van der Waals surface area contributed by atoms with Crippen LogP contribution in [-0.2, 0) is 21.9 Å². The first-order valence-electron chi connectivity index (χ1n) is 11.5. The molecule has 0 saturated heterocycles. The molecule has 3 aromatic rings. The molecule has 36 heavy (non-hydrogen) atoms. The van der Waals surface area contributed by atoms with Crippen LogP contribution in [0.25, 0.3) is 0 Å². The summed E-state index contributed by atoms with van der Waals surface area (Å²) in [6.07, 6.45) is 0.340. The maximum absolute atomic E-state index is 14.2. The Morgan fingerprint density at radius 2 is 1.72 bits per heavy atom. The van der Waals surface area contributed by atoms with Crippen LogP contribution in [0.5, 0.6) is 0 Å².